The molecule has 2 heterocycles. The van der Waals surface area contributed by atoms with Crippen molar-refractivity contribution in [2.45, 2.75) is 77.1 Å². The van der Waals surface area contributed by atoms with E-state index in [1.54, 1.807) is 0 Å². The Labute approximate surface area is 128 Å². The molecule has 0 aromatic carbocycles. The average Bonchev–Trinajstić information content (AvgIpc) is 2.95. The van der Waals surface area contributed by atoms with E-state index in [4.69, 9.17) is 4.74 Å². The van der Waals surface area contributed by atoms with Crippen molar-refractivity contribution in [1.29, 1.82) is 0 Å². The van der Waals surface area contributed by atoms with Crippen LogP contribution in [0.15, 0.2) is 0 Å². The number of nitrogens with one attached hydrogen (secondary N) is 2. The Morgan fingerprint density at radius 2 is 2.10 bits per heavy atom. The van der Waals surface area contributed by atoms with Crippen molar-refractivity contribution < 1.29 is 9.53 Å². The summed E-state index contributed by atoms with van der Waals surface area (Å²) in [6.45, 7) is 11.1. The number of fused-ring (bicyclic) bond motifs is 1. The highest BCUT2D eigenvalue weighted by atomic mass is 16.6. The van der Waals surface area contributed by atoms with E-state index in [0.29, 0.717) is 12.1 Å². The lowest BCUT2D eigenvalue weighted by molar-refractivity contribution is 0.0501. The molecule has 0 bridgehead atoms. The summed E-state index contributed by atoms with van der Waals surface area (Å²) in [6.07, 6.45) is 4.47. The highest BCUT2D eigenvalue weighted by molar-refractivity contribution is 5.68. The number of alkyl carbamates (subject to hydrolysis) is 1. The first kappa shape index (κ1) is 16.6. The molecule has 2 rings (SSSR count). The van der Waals surface area contributed by atoms with Gasteiger partial charge in [0.05, 0.1) is 0 Å². The van der Waals surface area contributed by atoms with Crippen LogP contribution < -0.4 is 10.6 Å². The number of rotatable bonds is 5. The normalized spacial score (nSPS) is 27.4. The lowest BCUT2D eigenvalue weighted by Crippen LogP contribution is -2.48. The molecule has 2 fully saturated rings. The Bertz CT molecular complexity index is 354. The van der Waals surface area contributed by atoms with E-state index in [2.05, 4.69) is 22.5 Å². The van der Waals surface area contributed by atoms with E-state index in [0.717, 1.165) is 13.0 Å². The van der Waals surface area contributed by atoms with Crippen molar-refractivity contribution in [2.75, 3.05) is 19.6 Å². The van der Waals surface area contributed by atoms with E-state index in [1.165, 1.54) is 32.4 Å². The van der Waals surface area contributed by atoms with Gasteiger partial charge in [-0.15, -0.1) is 0 Å². The van der Waals surface area contributed by atoms with Crippen molar-refractivity contribution in [3.05, 3.63) is 0 Å². The quantitative estimate of drug-likeness (QED) is 0.816. The van der Waals surface area contributed by atoms with Gasteiger partial charge in [-0.2, -0.15) is 0 Å². The second-order valence-electron chi connectivity index (χ2n) is 7.30. The summed E-state index contributed by atoms with van der Waals surface area (Å²) in [5.74, 6) is 0. The minimum Gasteiger partial charge on any atom is -0.444 e. The summed E-state index contributed by atoms with van der Waals surface area (Å²) < 4.78 is 5.33. The first-order valence-corrected chi connectivity index (χ1v) is 8.36. The predicted molar refractivity (Wildman–Crippen MR) is 84.5 cm³/mol. The van der Waals surface area contributed by atoms with Crippen LogP contribution in [0.2, 0.25) is 0 Å². The molecule has 2 aliphatic heterocycles. The Morgan fingerprint density at radius 3 is 2.76 bits per heavy atom. The van der Waals surface area contributed by atoms with Crippen LogP contribution in [-0.4, -0.2) is 54.4 Å². The second kappa shape index (κ2) is 6.97. The summed E-state index contributed by atoms with van der Waals surface area (Å²) in [4.78, 5) is 14.4. The number of hydrogen-bond acceptors (Lipinski definition) is 4. The van der Waals surface area contributed by atoms with Gasteiger partial charge in [0, 0.05) is 31.2 Å². The number of carbonyl (C=O) groups excluding carboxylic acids is 1. The highest BCUT2D eigenvalue weighted by Crippen LogP contribution is 2.27. The van der Waals surface area contributed by atoms with Gasteiger partial charge in [-0.3, -0.25) is 4.90 Å². The van der Waals surface area contributed by atoms with Crippen molar-refractivity contribution in [3.8, 4) is 0 Å². The van der Waals surface area contributed by atoms with Gasteiger partial charge in [-0.25, -0.2) is 4.79 Å². The van der Waals surface area contributed by atoms with Gasteiger partial charge in [0.25, 0.3) is 0 Å². The first-order chi connectivity index (χ1) is 9.89. The standard InChI is InChI=1S/C16H31N3O2/c1-5-12(18-15(20)21-16(2,3)4)11-17-13-8-10-19-9-6-7-14(13)19/h12-14,17H,5-11H2,1-4H3,(H,18,20). The molecular formula is C16H31N3O2. The molecule has 0 aliphatic carbocycles. The van der Waals surface area contributed by atoms with Gasteiger partial charge in [0.2, 0.25) is 0 Å². The summed E-state index contributed by atoms with van der Waals surface area (Å²) in [5.41, 5.74) is -0.439. The molecule has 0 spiro atoms. The fourth-order valence-electron chi connectivity index (χ4n) is 3.39. The van der Waals surface area contributed by atoms with Gasteiger partial charge in [0.1, 0.15) is 5.60 Å². The number of ether oxygens (including phenoxy) is 1. The smallest absolute Gasteiger partial charge is 0.407 e. The zero-order valence-corrected chi connectivity index (χ0v) is 13.9. The van der Waals surface area contributed by atoms with Crippen LogP contribution in [0.3, 0.4) is 0 Å². The Kier molecular flexibility index (Phi) is 5.49. The minimum atomic E-state index is -0.439. The molecule has 3 unspecified atom stereocenters. The van der Waals surface area contributed by atoms with E-state index >= 15 is 0 Å². The maximum absolute atomic E-state index is 11.8. The molecule has 2 saturated heterocycles. The van der Waals surface area contributed by atoms with Crippen LogP contribution in [0.4, 0.5) is 4.79 Å². The number of carbonyl (C=O) groups is 1. The largest absolute Gasteiger partial charge is 0.444 e. The van der Waals surface area contributed by atoms with Gasteiger partial charge < -0.3 is 15.4 Å². The second-order valence-corrected chi connectivity index (χ2v) is 7.30. The fourth-order valence-corrected chi connectivity index (χ4v) is 3.39. The zero-order chi connectivity index (χ0) is 15.5. The molecule has 0 aromatic heterocycles. The van der Waals surface area contributed by atoms with Gasteiger partial charge in [-0.05, 0) is 53.0 Å². The fraction of sp³-hybridized carbons (Fsp3) is 0.938. The topological polar surface area (TPSA) is 53.6 Å². The van der Waals surface area contributed by atoms with Crippen molar-refractivity contribution in [3.63, 3.8) is 0 Å². The third-order valence-electron chi connectivity index (χ3n) is 4.45. The van der Waals surface area contributed by atoms with E-state index in [-0.39, 0.29) is 12.1 Å². The summed E-state index contributed by atoms with van der Waals surface area (Å²) in [5, 5.41) is 6.63. The third-order valence-corrected chi connectivity index (χ3v) is 4.45. The summed E-state index contributed by atoms with van der Waals surface area (Å²) in [6, 6.07) is 1.43. The molecule has 5 heteroatoms. The molecule has 122 valence electrons. The monoisotopic (exact) mass is 297 g/mol. The molecule has 3 atom stereocenters. The third kappa shape index (κ3) is 4.85. The van der Waals surface area contributed by atoms with E-state index in [9.17, 15) is 4.79 Å². The molecule has 0 radical (unpaired) electrons. The Balaban J connectivity index is 1.73. The number of hydrogen-bond donors (Lipinski definition) is 2. The van der Waals surface area contributed by atoms with Crippen LogP contribution in [-0.2, 0) is 4.74 Å². The van der Waals surface area contributed by atoms with Crippen molar-refractivity contribution in [2.24, 2.45) is 0 Å². The highest BCUT2D eigenvalue weighted by Gasteiger charge is 2.36. The van der Waals surface area contributed by atoms with Gasteiger partial charge in [-0.1, -0.05) is 6.92 Å². The van der Waals surface area contributed by atoms with Gasteiger partial charge >= 0.3 is 6.09 Å². The Hall–Kier alpha value is -0.810. The van der Waals surface area contributed by atoms with Crippen molar-refractivity contribution >= 4 is 6.09 Å². The Morgan fingerprint density at radius 1 is 1.33 bits per heavy atom. The van der Waals surface area contributed by atoms with Crippen LogP contribution in [0.5, 0.6) is 0 Å². The van der Waals surface area contributed by atoms with E-state index < -0.39 is 5.60 Å². The lowest BCUT2D eigenvalue weighted by atomic mass is 10.1. The van der Waals surface area contributed by atoms with Crippen LogP contribution in [0.1, 0.15) is 53.4 Å². The molecule has 1 amide bonds. The maximum Gasteiger partial charge on any atom is 0.407 e. The molecule has 2 N–H and O–H groups in total. The number of amides is 1. The van der Waals surface area contributed by atoms with Crippen LogP contribution in [0.25, 0.3) is 0 Å². The minimum absolute atomic E-state index is 0.135. The molecular weight excluding hydrogens is 266 g/mol. The first-order valence-electron chi connectivity index (χ1n) is 8.36. The molecule has 21 heavy (non-hydrogen) atoms. The zero-order valence-electron chi connectivity index (χ0n) is 13.9. The van der Waals surface area contributed by atoms with E-state index in [1.807, 2.05) is 20.8 Å². The SMILES string of the molecule is CCC(CNC1CCN2CCCC12)NC(=O)OC(C)(C)C. The van der Waals surface area contributed by atoms with Crippen molar-refractivity contribution in [1.82, 2.24) is 15.5 Å². The average molecular weight is 297 g/mol. The summed E-state index contributed by atoms with van der Waals surface area (Å²) >= 11 is 0. The maximum atomic E-state index is 11.8. The van der Waals surface area contributed by atoms with Crippen LogP contribution in [0, 0.1) is 0 Å². The predicted octanol–water partition coefficient (Wildman–Crippen LogP) is 2.12. The summed E-state index contributed by atoms with van der Waals surface area (Å²) in [7, 11) is 0. The van der Waals surface area contributed by atoms with Gasteiger partial charge in [0.15, 0.2) is 0 Å². The molecule has 5 nitrogen and oxygen atoms in total. The van der Waals surface area contributed by atoms with Crippen LogP contribution >= 0.6 is 0 Å². The molecule has 2 aliphatic rings. The molecule has 0 saturated carbocycles. The lowest BCUT2D eigenvalue weighted by Gasteiger charge is -2.26. The molecule has 0 aromatic rings. The number of nitrogens with zero attached hydrogens (tertiary/aromatic N) is 1.